The molecule has 0 unspecified atom stereocenters. The largest absolute Gasteiger partial charge is 3.00 e. The summed E-state index contributed by atoms with van der Waals surface area (Å²) in [6.45, 7) is 0. The molecule has 0 aliphatic heterocycles. The molecule has 3 radical (unpaired) electrons. The molecule has 0 aromatic carbocycles. The summed E-state index contributed by atoms with van der Waals surface area (Å²) in [4.78, 5) is 0. The Hall–Kier alpha value is 1.25. The fraction of sp³-hybridized carbons (Fsp3) is 0. The minimum Gasteiger partial charge on any atom is 3.00 e. The van der Waals surface area contributed by atoms with Crippen LogP contribution in [0.3, 0.4) is 0 Å². The molecule has 0 heterocycles. The molecule has 0 saturated heterocycles. The summed E-state index contributed by atoms with van der Waals surface area (Å²) in [7, 11) is 0. The van der Waals surface area contributed by atoms with Crippen LogP contribution in [-0.2, 0) is 35.7 Å². The van der Waals surface area contributed by atoms with Crippen LogP contribution in [0, 0.1) is 0 Å². The van der Waals surface area contributed by atoms with Gasteiger partial charge in [0.05, 0.1) is 0 Å². The molecule has 0 spiro atoms. The van der Waals surface area contributed by atoms with E-state index < -0.39 is 0 Å². The van der Waals surface area contributed by atoms with Gasteiger partial charge in [0, 0.05) is 0 Å². The summed E-state index contributed by atoms with van der Waals surface area (Å²) >= 11 is 0.500. The van der Waals surface area contributed by atoms with Gasteiger partial charge in [0.2, 0.25) is 0 Å². The van der Waals surface area contributed by atoms with Gasteiger partial charge in [-0.25, -0.2) is 0 Å². The quantitative estimate of drug-likeness (QED) is 0.493. The Labute approximate surface area is 58.5 Å². The molecule has 0 aromatic heterocycles. The molecule has 0 N–H and O–H groups in total. The van der Waals surface area contributed by atoms with Gasteiger partial charge in [0.1, 0.15) is 0 Å². The third-order valence-corrected chi connectivity index (χ3v) is 0. The minimum atomic E-state index is 0. The van der Waals surface area contributed by atoms with Gasteiger partial charge in [0.25, 0.3) is 0 Å². The number of hydrogen-bond acceptors (Lipinski definition) is 1. The summed E-state index contributed by atoms with van der Waals surface area (Å²) < 4.78 is 8.30. The molecule has 0 atom stereocenters. The molecule has 0 amide bonds. The van der Waals surface area contributed by atoms with E-state index >= 15 is 0 Å². The fourth-order valence-corrected chi connectivity index (χ4v) is 0. The molecule has 0 rings (SSSR count). The molecule has 0 aliphatic rings. The predicted octanol–water partition coefficient (Wildman–Crippen LogP) is -0.740. The normalized spacial score (nSPS) is 0.800. The zero-order chi connectivity index (χ0) is 2.00. The van der Waals surface area contributed by atoms with Crippen LogP contribution < -0.4 is 0 Å². The summed E-state index contributed by atoms with van der Waals surface area (Å²) in [5.74, 6) is 0. The van der Waals surface area contributed by atoms with E-state index in [1.807, 2.05) is 0 Å². The van der Waals surface area contributed by atoms with Gasteiger partial charge in [-0.3, -0.25) is 0 Å². The van der Waals surface area contributed by atoms with Gasteiger partial charge in [-0.1, -0.05) is 0 Å². The molecular formula is O3SbTi. The summed E-state index contributed by atoms with van der Waals surface area (Å²) in [5, 5.41) is 0. The Morgan fingerprint density at radius 2 is 1.00 bits per heavy atom. The molecule has 3 nitrogen and oxygen atoms in total. The first kappa shape index (κ1) is 34.0. The first-order chi connectivity index (χ1) is 1.00. The molecule has 5 heteroatoms. The van der Waals surface area contributed by atoms with Crippen molar-refractivity contribution in [3.8, 4) is 0 Å². The van der Waals surface area contributed by atoms with Crippen molar-refractivity contribution in [2.24, 2.45) is 0 Å². The summed E-state index contributed by atoms with van der Waals surface area (Å²) in [6, 6.07) is 0. The first-order valence-corrected chi connectivity index (χ1v) is 1.22. The SMILES string of the molecule is [O-2].[O-2].[O]=[Sb+].[Ti+3]. The predicted molar refractivity (Wildman–Crippen MR) is 7.81 cm³/mol. The van der Waals surface area contributed by atoms with Crippen LogP contribution in [0.15, 0.2) is 0 Å². The van der Waals surface area contributed by atoms with Crippen molar-refractivity contribution in [3.05, 3.63) is 0 Å². The van der Waals surface area contributed by atoms with Crippen molar-refractivity contribution < 1.29 is 35.7 Å². The smallest absolute Gasteiger partial charge is 3.00 e. The summed E-state index contributed by atoms with van der Waals surface area (Å²) in [6.07, 6.45) is 0. The third kappa shape index (κ3) is 35.4. The average molecular weight is 218 g/mol. The standard InChI is InChI=1S/3O.Sb.Ti/q;2*-2;+1;+3. The maximum Gasteiger partial charge on any atom is 3.00 e. The van der Waals surface area contributed by atoms with Crippen molar-refractivity contribution in [2.75, 3.05) is 0 Å². The first-order valence-electron chi connectivity index (χ1n) is 0.183. The van der Waals surface area contributed by atoms with E-state index in [9.17, 15) is 0 Å². The molecule has 0 aromatic rings. The third-order valence-electron chi connectivity index (χ3n) is 0. The minimum absolute atomic E-state index is 0. The van der Waals surface area contributed by atoms with Crippen molar-refractivity contribution in [3.63, 3.8) is 0 Å². The maximum atomic E-state index is 8.30. The topological polar surface area (TPSA) is 74.1 Å². The summed E-state index contributed by atoms with van der Waals surface area (Å²) in [5.41, 5.74) is 0. The van der Waals surface area contributed by atoms with Crippen LogP contribution in [0.4, 0.5) is 0 Å². The maximum absolute atomic E-state index is 8.30. The second-order valence-corrected chi connectivity index (χ2v) is 0. The van der Waals surface area contributed by atoms with Gasteiger partial charge >= 0.3 is 47.7 Å². The van der Waals surface area contributed by atoms with Gasteiger partial charge in [-0.2, -0.15) is 0 Å². The molecular weight excluding hydrogens is 218 g/mol. The second kappa shape index (κ2) is 60.5. The van der Waals surface area contributed by atoms with E-state index in [1.54, 1.807) is 0 Å². The van der Waals surface area contributed by atoms with Crippen LogP contribution in [0.25, 0.3) is 0 Å². The van der Waals surface area contributed by atoms with E-state index in [1.165, 1.54) is 0 Å². The van der Waals surface area contributed by atoms with Gasteiger partial charge in [0.15, 0.2) is 0 Å². The van der Waals surface area contributed by atoms with Crippen molar-refractivity contribution >= 4 is 23.0 Å². The van der Waals surface area contributed by atoms with Crippen molar-refractivity contribution in [2.45, 2.75) is 0 Å². The van der Waals surface area contributed by atoms with Crippen molar-refractivity contribution in [1.29, 1.82) is 0 Å². The Morgan fingerprint density at radius 3 is 1.00 bits per heavy atom. The van der Waals surface area contributed by atoms with Crippen LogP contribution in [0.1, 0.15) is 0 Å². The fourth-order valence-electron chi connectivity index (χ4n) is 0. The second-order valence-electron chi connectivity index (χ2n) is 0. The van der Waals surface area contributed by atoms with Gasteiger partial charge in [-0.15, -0.1) is 0 Å². The van der Waals surface area contributed by atoms with Crippen LogP contribution >= 0.6 is 0 Å². The monoisotopic (exact) mass is 217 g/mol. The van der Waals surface area contributed by atoms with Crippen molar-refractivity contribution in [1.82, 2.24) is 0 Å². The number of rotatable bonds is 0. The Kier molecular flexibility index (Phi) is 412. The number of hydrogen-bond donors (Lipinski definition) is 0. The van der Waals surface area contributed by atoms with Gasteiger partial charge in [-0.05, 0) is 0 Å². The molecule has 0 saturated carbocycles. The van der Waals surface area contributed by atoms with E-state index in [2.05, 4.69) is 0 Å². The van der Waals surface area contributed by atoms with E-state index in [-0.39, 0.29) is 32.7 Å². The van der Waals surface area contributed by atoms with Crippen LogP contribution in [0.2, 0.25) is 0 Å². The van der Waals surface area contributed by atoms with Crippen LogP contribution in [-0.4, -0.2) is 23.0 Å². The van der Waals surface area contributed by atoms with Crippen LogP contribution in [0.5, 0.6) is 0 Å². The molecule has 0 fully saturated rings. The Balaban J connectivity index is -0.00000000167. The van der Waals surface area contributed by atoms with E-state index in [4.69, 9.17) is 3.02 Å². The zero-order valence-corrected chi connectivity index (χ0v) is 6.29. The van der Waals surface area contributed by atoms with E-state index in [0.29, 0.717) is 23.0 Å². The zero-order valence-electron chi connectivity index (χ0n) is 2.17. The average Bonchev–Trinajstić information content (AvgIpc) is 1.00. The Bertz CT molecular complexity index is 6.85. The molecule has 0 aliphatic carbocycles. The molecule has 0 bridgehead atoms. The Morgan fingerprint density at radius 1 is 1.00 bits per heavy atom. The molecule has 27 valence electrons. The molecule has 5 heavy (non-hydrogen) atoms. The van der Waals surface area contributed by atoms with Gasteiger partial charge < -0.3 is 11.0 Å². The van der Waals surface area contributed by atoms with E-state index in [0.717, 1.165) is 0 Å².